The summed E-state index contributed by atoms with van der Waals surface area (Å²) in [5.41, 5.74) is 4.03. The molecule has 0 unspecified atom stereocenters. The number of hydrogen-bond donors (Lipinski definition) is 0. The lowest BCUT2D eigenvalue weighted by Gasteiger charge is -2.37. The molecule has 0 aliphatic carbocycles. The van der Waals surface area contributed by atoms with Crippen LogP contribution in [0.15, 0.2) is 18.2 Å². The minimum atomic E-state index is 0.314. The number of rotatable bonds is 2. The number of hydrogen-bond acceptors (Lipinski definition) is 2. The van der Waals surface area contributed by atoms with Crippen LogP contribution in [0.3, 0.4) is 0 Å². The Balaban J connectivity index is 2.21. The van der Waals surface area contributed by atoms with Gasteiger partial charge in [0.1, 0.15) is 0 Å². The number of halogens is 1. The maximum absolute atomic E-state index is 5.77. The number of aryl methyl sites for hydroxylation is 1. The van der Waals surface area contributed by atoms with Crippen molar-refractivity contribution in [3.63, 3.8) is 0 Å². The van der Waals surface area contributed by atoms with Gasteiger partial charge in [0.25, 0.3) is 0 Å². The van der Waals surface area contributed by atoms with Crippen LogP contribution in [0, 0.1) is 6.92 Å². The summed E-state index contributed by atoms with van der Waals surface area (Å²) in [5, 5.41) is 0.921. The van der Waals surface area contributed by atoms with Crippen molar-refractivity contribution < 1.29 is 4.74 Å². The zero-order valence-electron chi connectivity index (χ0n) is 10.7. The van der Waals surface area contributed by atoms with Gasteiger partial charge >= 0.3 is 0 Å². The van der Waals surface area contributed by atoms with Crippen LogP contribution in [0.2, 0.25) is 0 Å². The molecule has 2 atom stereocenters. The third-order valence-corrected chi connectivity index (χ3v) is 3.82. The Kier molecular flexibility index (Phi) is 4.10. The highest BCUT2D eigenvalue weighted by Gasteiger charge is 2.23. The first-order chi connectivity index (χ1) is 8.10. The monoisotopic (exact) mass is 297 g/mol. The average molecular weight is 298 g/mol. The van der Waals surface area contributed by atoms with Gasteiger partial charge in [0.15, 0.2) is 0 Å². The molecule has 0 radical (unpaired) electrons. The number of nitrogens with zero attached hydrogens (tertiary/aromatic N) is 1. The summed E-state index contributed by atoms with van der Waals surface area (Å²) in [7, 11) is 0. The topological polar surface area (TPSA) is 12.5 Å². The molecule has 17 heavy (non-hydrogen) atoms. The van der Waals surface area contributed by atoms with Crippen molar-refractivity contribution >= 4 is 21.6 Å². The lowest BCUT2D eigenvalue weighted by atomic mass is 10.1. The number of morpholine rings is 1. The summed E-state index contributed by atoms with van der Waals surface area (Å²) in [6.07, 6.45) is 0.628. The van der Waals surface area contributed by atoms with Gasteiger partial charge in [0, 0.05) is 24.1 Å². The van der Waals surface area contributed by atoms with Crippen LogP contribution in [-0.4, -0.2) is 25.3 Å². The van der Waals surface area contributed by atoms with E-state index in [2.05, 4.69) is 59.8 Å². The number of ether oxygens (including phenoxy) is 1. The second-order valence-corrected chi connectivity index (χ2v) is 5.48. The molecular formula is C14H20BrNO. The first-order valence-corrected chi connectivity index (χ1v) is 7.28. The van der Waals surface area contributed by atoms with E-state index in [0.29, 0.717) is 12.2 Å². The second kappa shape index (κ2) is 5.40. The van der Waals surface area contributed by atoms with Crippen LogP contribution in [0.25, 0.3) is 0 Å². The minimum Gasteiger partial charge on any atom is -0.372 e. The van der Waals surface area contributed by atoms with Gasteiger partial charge in [-0.1, -0.05) is 28.1 Å². The molecule has 1 aliphatic heterocycles. The standard InChI is InChI=1S/C14H20BrNO/c1-10-6-13(7-15)4-5-14(10)16-8-11(2)17-12(3)9-16/h4-6,11-12H,7-9H2,1-3H3/t11-,12+. The molecule has 1 aromatic carbocycles. The Morgan fingerprint density at radius 3 is 2.47 bits per heavy atom. The van der Waals surface area contributed by atoms with Gasteiger partial charge in [-0.05, 0) is 38.0 Å². The van der Waals surface area contributed by atoms with E-state index < -0.39 is 0 Å². The highest BCUT2D eigenvalue weighted by Crippen LogP contribution is 2.25. The number of anilines is 1. The molecule has 0 amide bonds. The Morgan fingerprint density at radius 2 is 1.94 bits per heavy atom. The highest BCUT2D eigenvalue weighted by atomic mass is 79.9. The predicted molar refractivity (Wildman–Crippen MR) is 76.0 cm³/mol. The maximum Gasteiger partial charge on any atom is 0.0726 e. The lowest BCUT2D eigenvalue weighted by Crippen LogP contribution is -2.45. The van der Waals surface area contributed by atoms with Crippen LogP contribution < -0.4 is 4.90 Å². The van der Waals surface area contributed by atoms with E-state index in [1.165, 1.54) is 16.8 Å². The van der Waals surface area contributed by atoms with E-state index in [1.54, 1.807) is 0 Å². The molecule has 1 saturated heterocycles. The Morgan fingerprint density at radius 1 is 1.29 bits per heavy atom. The highest BCUT2D eigenvalue weighted by molar-refractivity contribution is 9.08. The molecule has 3 heteroatoms. The van der Waals surface area contributed by atoms with Crippen molar-refractivity contribution in [2.45, 2.75) is 38.3 Å². The fraction of sp³-hybridized carbons (Fsp3) is 0.571. The average Bonchev–Trinajstić information content (AvgIpc) is 2.27. The van der Waals surface area contributed by atoms with E-state index in [0.717, 1.165) is 18.4 Å². The SMILES string of the molecule is Cc1cc(CBr)ccc1N1C[C@@H](C)O[C@@H](C)C1. The molecule has 0 N–H and O–H groups in total. The Labute approximate surface area is 112 Å². The summed E-state index contributed by atoms with van der Waals surface area (Å²) < 4.78 is 5.77. The van der Waals surface area contributed by atoms with Gasteiger partial charge in [-0.15, -0.1) is 0 Å². The molecule has 1 heterocycles. The van der Waals surface area contributed by atoms with Crippen LogP contribution >= 0.6 is 15.9 Å². The van der Waals surface area contributed by atoms with Crippen molar-refractivity contribution in [1.82, 2.24) is 0 Å². The van der Waals surface area contributed by atoms with E-state index in [-0.39, 0.29) is 0 Å². The van der Waals surface area contributed by atoms with Gasteiger partial charge in [-0.2, -0.15) is 0 Å². The normalized spacial score (nSPS) is 25.1. The van der Waals surface area contributed by atoms with Gasteiger partial charge in [-0.25, -0.2) is 0 Å². The van der Waals surface area contributed by atoms with E-state index in [4.69, 9.17) is 4.74 Å². The number of benzene rings is 1. The first-order valence-electron chi connectivity index (χ1n) is 6.16. The van der Waals surface area contributed by atoms with E-state index in [1.807, 2.05) is 0 Å². The fourth-order valence-electron chi connectivity index (χ4n) is 2.53. The second-order valence-electron chi connectivity index (χ2n) is 4.92. The summed E-state index contributed by atoms with van der Waals surface area (Å²) in [5.74, 6) is 0. The summed E-state index contributed by atoms with van der Waals surface area (Å²) >= 11 is 3.50. The summed E-state index contributed by atoms with van der Waals surface area (Å²) in [6.45, 7) is 8.44. The molecule has 1 fully saturated rings. The lowest BCUT2D eigenvalue weighted by molar-refractivity contribution is -0.00524. The maximum atomic E-state index is 5.77. The molecule has 0 bridgehead atoms. The van der Waals surface area contributed by atoms with Gasteiger partial charge < -0.3 is 9.64 Å². The molecule has 2 nitrogen and oxygen atoms in total. The summed E-state index contributed by atoms with van der Waals surface area (Å²) in [4.78, 5) is 2.44. The van der Waals surface area contributed by atoms with Crippen LogP contribution in [0.4, 0.5) is 5.69 Å². The van der Waals surface area contributed by atoms with Crippen molar-refractivity contribution in [3.05, 3.63) is 29.3 Å². The molecule has 1 aliphatic rings. The van der Waals surface area contributed by atoms with Crippen molar-refractivity contribution in [2.24, 2.45) is 0 Å². The van der Waals surface area contributed by atoms with Crippen molar-refractivity contribution in [2.75, 3.05) is 18.0 Å². The van der Waals surface area contributed by atoms with Crippen LogP contribution in [0.5, 0.6) is 0 Å². The van der Waals surface area contributed by atoms with E-state index in [9.17, 15) is 0 Å². The van der Waals surface area contributed by atoms with Crippen LogP contribution in [0.1, 0.15) is 25.0 Å². The zero-order valence-corrected chi connectivity index (χ0v) is 12.3. The fourth-order valence-corrected chi connectivity index (χ4v) is 2.88. The zero-order chi connectivity index (χ0) is 12.4. The molecule has 0 aromatic heterocycles. The molecular weight excluding hydrogens is 278 g/mol. The third kappa shape index (κ3) is 3.02. The van der Waals surface area contributed by atoms with Crippen molar-refractivity contribution in [1.29, 1.82) is 0 Å². The quantitative estimate of drug-likeness (QED) is 0.775. The first kappa shape index (κ1) is 12.9. The predicted octanol–water partition coefficient (Wildman–Crippen LogP) is 3.50. The van der Waals surface area contributed by atoms with Gasteiger partial charge in [-0.3, -0.25) is 0 Å². The summed E-state index contributed by atoms with van der Waals surface area (Å²) in [6, 6.07) is 6.69. The molecule has 0 saturated carbocycles. The molecule has 1 aromatic rings. The Hall–Kier alpha value is -0.540. The smallest absolute Gasteiger partial charge is 0.0726 e. The van der Waals surface area contributed by atoms with E-state index >= 15 is 0 Å². The molecule has 0 spiro atoms. The minimum absolute atomic E-state index is 0.314. The Bertz CT molecular complexity index is 384. The number of alkyl halides is 1. The largest absolute Gasteiger partial charge is 0.372 e. The van der Waals surface area contributed by atoms with Gasteiger partial charge in [0.2, 0.25) is 0 Å². The molecule has 2 rings (SSSR count). The van der Waals surface area contributed by atoms with Crippen LogP contribution in [-0.2, 0) is 10.1 Å². The van der Waals surface area contributed by atoms with Gasteiger partial charge in [0.05, 0.1) is 12.2 Å². The van der Waals surface area contributed by atoms with Crippen molar-refractivity contribution in [3.8, 4) is 0 Å². The third-order valence-electron chi connectivity index (χ3n) is 3.18. The molecule has 94 valence electrons.